The molecule has 0 saturated heterocycles. The summed E-state index contributed by atoms with van der Waals surface area (Å²) in [7, 11) is -3.62. The molecular formula is C18H23N3O3S. The van der Waals surface area contributed by atoms with Gasteiger partial charge in [-0.1, -0.05) is 18.2 Å². The second-order valence-electron chi connectivity index (χ2n) is 6.05. The van der Waals surface area contributed by atoms with Crippen LogP contribution in [0.1, 0.15) is 29.8 Å². The van der Waals surface area contributed by atoms with Crippen LogP contribution >= 0.6 is 0 Å². The number of rotatable bonds is 7. The molecule has 0 unspecified atom stereocenters. The van der Waals surface area contributed by atoms with Crippen LogP contribution in [0.25, 0.3) is 0 Å². The first-order chi connectivity index (χ1) is 11.8. The first-order valence-electron chi connectivity index (χ1n) is 8.03. The number of carbonyl (C=O) groups excluding carboxylic acids is 1. The Labute approximate surface area is 148 Å². The van der Waals surface area contributed by atoms with Gasteiger partial charge < -0.3 is 11.1 Å². The predicted molar refractivity (Wildman–Crippen MR) is 98.8 cm³/mol. The smallest absolute Gasteiger partial charge is 0.251 e. The Balaban J connectivity index is 2.00. The Morgan fingerprint density at radius 3 is 2.44 bits per heavy atom. The summed E-state index contributed by atoms with van der Waals surface area (Å²) < 4.78 is 26.9. The van der Waals surface area contributed by atoms with Crippen LogP contribution in [0.4, 0.5) is 5.69 Å². The number of amides is 1. The van der Waals surface area contributed by atoms with E-state index in [0.29, 0.717) is 24.2 Å². The molecule has 0 spiro atoms. The third-order valence-corrected chi connectivity index (χ3v) is 5.13. The van der Waals surface area contributed by atoms with Gasteiger partial charge in [-0.05, 0) is 56.2 Å². The quantitative estimate of drug-likeness (QED) is 0.656. The summed E-state index contributed by atoms with van der Waals surface area (Å²) in [6.45, 7) is 3.93. The van der Waals surface area contributed by atoms with Crippen LogP contribution in [0, 0.1) is 0 Å². The van der Waals surface area contributed by atoms with Gasteiger partial charge >= 0.3 is 0 Å². The van der Waals surface area contributed by atoms with E-state index in [1.807, 2.05) is 24.3 Å². The van der Waals surface area contributed by atoms with E-state index in [1.165, 1.54) is 12.1 Å². The van der Waals surface area contributed by atoms with Crippen LogP contribution in [-0.4, -0.2) is 26.9 Å². The summed E-state index contributed by atoms with van der Waals surface area (Å²) in [6.07, 6.45) is 0.666. The average Bonchev–Trinajstić information content (AvgIpc) is 2.55. The zero-order chi connectivity index (χ0) is 18.4. The van der Waals surface area contributed by atoms with Crippen molar-refractivity contribution in [2.75, 3.05) is 12.3 Å². The summed E-state index contributed by atoms with van der Waals surface area (Å²) in [5.74, 6) is -0.308. The average molecular weight is 361 g/mol. The molecule has 0 aromatic heterocycles. The van der Waals surface area contributed by atoms with Crippen molar-refractivity contribution in [3.05, 3.63) is 59.7 Å². The lowest BCUT2D eigenvalue weighted by Crippen LogP contribution is -2.30. The van der Waals surface area contributed by atoms with E-state index in [4.69, 9.17) is 5.73 Å². The van der Waals surface area contributed by atoms with Crippen LogP contribution in [-0.2, 0) is 16.4 Å². The number of anilines is 1. The molecule has 25 heavy (non-hydrogen) atoms. The Bertz CT molecular complexity index is 831. The maximum Gasteiger partial charge on any atom is 0.251 e. The Hall–Kier alpha value is -2.38. The second kappa shape index (κ2) is 8.13. The van der Waals surface area contributed by atoms with E-state index in [9.17, 15) is 13.2 Å². The third kappa shape index (κ3) is 5.58. The normalized spacial score (nSPS) is 11.5. The van der Waals surface area contributed by atoms with Gasteiger partial charge in [0.15, 0.2) is 0 Å². The fraction of sp³-hybridized carbons (Fsp3) is 0.278. The molecule has 0 bridgehead atoms. The molecule has 2 aromatic rings. The molecule has 0 atom stereocenters. The Morgan fingerprint density at radius 1 is 1.12 bits per heavy atom. The van der Waals surface area contributed by atoms with Gasteiger partial charge in [0.2, 0.25) is 10.0 Å². The number of hydrogen-bond donors (Lipinski definition) is 3. The van der Waals surface area contributed by atoms with Crippen molar-refractivity contribution in [3.8, 4) is 0 Å². The molecule has 0 saturated carbocycles. The lowest BCUT2D eigenvalue weighted by atomic mass is 10.1. The Morgan fingerprint density at radius 2 is 1.80 bits per heavy atom. The molecule has 0 heterocycles. The minimum Gasteiger partial charge on any atom is -0.399 e. The molecular weight excluding hydrogens is 338 g/mol. The van der Waals surface area contributed by atoms with Crippen molar-refractivity contribution in [1.29, 1.82) is 0 Å². The first kappa shape index (κ1) is 19.0. The third-order valence-electron chi connectivity index (χ3n) is 3.48. The zero-order valence-electron chi connectivity index (χ0n) is 14.3. The van der Waals surface area contributed by atoms with Crippen molar-refractivity contribution in [2.45, 2.75) is 31.2 Å². The Kier molecular flexibility index (Phi) is 6.17. The van der Waals surface area contributed by atoms with Gasteiger partial charge in [-0.15, -0.1) is 0 Å². The molecule has 0 aliphatic heterocycles. The number of carbonyl (C=O) groups is 1. The van der Waals surface area contributed by atoms with Crippen molar-refractivity contribution >= 4 is 21.6 Å². The fourth-order valence-electron chi connectivity index (χ4n) is 2.29. The highest BCUT2D eigenvalue weighted by Crippen LogP contribution is 2.12. The van der Waals surface area contributed by atoms with E-state index in [0.717, 1.165) is 5.56 Å². The van der Waals surface area contributed by atoms with Crippen molar-refractivity contribution < 1.29 is 13.2 Å². The minimum atomic E-state index is -3.62. The van der Waals surface area contributed by atoms with E-state index >= 15 is 0 Å². The van der Waals surface area contributed by atoms with Gasteiger partial charge in [0, 0.05) is 23.8 Å². The SMILES string of the molecule is CC(C)NS(=O)(=O)c1cccc(C(=O)NCCc2ccc(N)cc2)c1. The monoisotopic (exact) mass is 361 g/mol. The van der Waals surface area contributed by atoms with E-state index in [2.05, 4.69) is 10.0 Å². The van der Waals surface area contributed by atoms with Gasteiger partial charge in [-0.3, -0.25) is 4.79 Å². The molecule has 4 N–H and O–H groups in total. The molecule has 0 aliphatic carbocycles. The van der Waals surface area contributed by atoms with Crippen molar-refractivity contribution in [3.63, 3.8) is 0 Å². The lowest BCUT2D eigenvalue weighted by Gasteiger charge is -2.11. The number of sulfonamides is 1. The lowest BCUT2D eigenvalue weighted by molar-refractivity contribution is 0.0954. The van der Waals surface area contributed by atoms with Gasteiger partial charge in [-0.25, -0.2) is 13.1 Å². The van der Waals surface area contributed by atoms with E-state index < -0.39 is 10.0 Å². The molecule has 2 rings (SSSR count). The zero-order valence-corrected chi connectivity index (χ0v) is 15.1. The molecule has 1 amide bonds. The van der Waals surface area contributed by atoms with E-state index in [-0.39, 0.29) is 16.8 Å². The number of nitrogen functional groups attached to an aromatic ring is 1. The van der Waals surface area contributed by atoms with Gasteiger partial charge in [-0.2, -0.15) is 0 Å². The number of nitrogens with one attached hydrogen (secondary N) is 2. The summed E-state index contributed by atoms with van der Waals surface area (Å²) in [6, 6.07) is 13.2. The van der Waals surface area contributed by atoms with Crippen LogP contribution < -0.4 is 15.8 Å². The maximum atomic E-state index is 12.2. The van der Waals surface area contributed by atoms with E-state index in [1.54, 1.807) is 26.0 Å². The predicted octanol–water partition coefficient (Wildman–Crippen LogP) is 1.93. The summed E-state index contributed by atoms with van der Waals surface area (Å²) in [4.78, 5) is 12.3. The molecule has 2 aromatic carbocycles. The van der Waals surface area contributed by atoms with Crippen LogP contribution in [0.5, 0.6) is 0 Å². The first-order valence-corrected chi connectivity index (χ1v) is 9.51. The topological polar surface area (TPSA) is 101 Å². The maximum absolute atomic E-state index is 12.2. The largest absolute Gasteiger partial charge is 0.399 e. The van der Waals surface area contributed by atoms with Crippen molar-refractivity contribution in [2.24, 2.45) is 0 Å². The highest BCUT2D eigenvalue weighted by atomic mass is 32.2. The molecule has 6 nitrogen and oxygen atoms in total. The van der Waals surface area contributed by atoms with Gasteiger partial charge in [0.05, 0.1) is 4.90 Å². The fourth-order valence-corrected chi connectivity index (χ4v) is 3.59. The number of benzene rings is 2. The van der Waals surface area contributed by atoms with Crippen LogP contribution in [0.15, 0.2) is 53.4 Å². The molecule has 7 heteroatoms. The van der Waals surface area contributed by atoms with Gasteiger partial charge in [0.1, 0.15) is 0 Å². The number of nitrogens with two attached hydrogens (primary N) is 1. The second-order valence-corrected chi connectivity index (χ2v) is 7.77. The van der Waals surface area contributed by atoms with Crippen LogP contribution in [0.3, 0.4) is 0 Å². The molecule has 0 radical (unpaired) electrons. The summed E-state index contributed by atoms with van der Waals surface area (Å²) in [5.41, 5.74) is 7.70. The molecule has 0 fully saturated rings. The summed E-state index contributed by atoms with van der Waals surface area (Å²) >= 11 is 0. The molecule has 0 aliphatic rings. The van der Waals surface area contributed by atoms with Gasteiger partial charge in [0.25, 0.3) is 5.91 Å². The molecule has 134 valence electrons. The number of hydrogen-bond acceptors (Lipinski definition) is 4. The summed E-state index contributed by atoms with van der Waals surface area (Å²) in [5, 5.41) is 2.80. The van der Waals surface area contributed by atoms with Crippen LogP contribution in [0.2, 0.25) is 0 Å². The van der Waals surface area contributed by atoms with Crippen molar-refractivity contribution in [1.82, 2.24) is 10.0 Å². The minimum absolute atomic E-state index is 0.0763. The highest BCUT2D eigenvalue weighted by Gasteiger charge is 2.17. The highest BCUT2D eigenvalue weighted by molar-refractivity contribution is 7.89. The standard InChI is InChI=1S/C18H23N3O3S/c1-13(2)21-25(23,24)17-5-3-4-15(12-17)18(22)20-11-10-14-6-8-16(19)9-7-14/h3-9,12-13,21H,10-11,19H2,1-2H3,(H,20,22).